The van der Waals surface area contributed by atoms with E-state index in [2.05, 4.69) is 19.8 Å². The van der Waals surface area contributed by atoms with Crippen molar-refractivity contribution in [2.45, 2.75) is 37.0 Å². The number of nitrogens with zero attached hydrogens (tertiary/aromatic N) is 1. The molecule has 1 unspecified atom stereocenters. The SMILES string of the molecule is O=C(NC(Cc1ccccc1)(c1ccc2c(c1)OC(F)(F)C(F)(F)O2)c1ccc(Cl)cn1)C1CC1. The fourth-order valence-corrected chi connectivity index (χ4v) is 4.15. The summed E-state index contributed by atoms with van der Waals surface area (Å²) in [5, 5.41) is 3.42. The van der Waals surface area contributed by atoms with E-state index < -0.39 is 29.3 Å². The van der Waals surface area contributed by atoms with Crippen molar-refractivity contribution in [3.05, 3.63) is 88.7 Å². The fraction of sp³-hybridized carbons (Fsp3) is 0.280. The van der Waals surface area contributed by atoms with Gasteiger partial charge >= 0.3 is 12.2 Å². The number of ether oxygens (including phenoxy) is 2. The van der Waals surface area contributed by atoms with Crippen LogP contribution in [0.25, 0.3) is 0 Å². The maximum absolute atomic E-state index is 13.9. The third-order valence-electron chi connectivity index (χ3n) is 6.01. The third-order valence-corrected chi connectivity index (χ3v) is 6.24. The minimum atomic E-state index is -4.88. The molecule has 1 N–H and O–H groups in total. The predicted octanol–water partition coefficient (Wildman–Crippen LogP) is 5.70. The van der Waals surface area contributed by atoms with Crippen molar-refractivity contribution in [2.75, 3.05) is 0 Å². The predicted molar refractivity (Wildman–Crippen MR) is 119 cm³/mol. The summed E-state index contributed by atoms with van der Waals surface area (Å²) < 4.78 is 63.8. The molecule has 1 atom stereocenters. The van der Waals surface area contributed by atoms with Crippen LogP contribution in [0.5, 0.6) is 11.5 Å². The second-order valence-corrected chi connectivity index (χ2v) is 9.03. The van der Waals surface area contributed by atoms with Gasteiger partial charge in [0.1, 0.15) is 5.54 Å². The molecule has 2 aromatic carbocycles. The van der Waals surface area contributed by atoms with Gasteiger partial charge in [0.05, 0.1) is 10.7 Å². The first kappa shape index (κ1) is 23.4. The van der Waals surface area contributed by atoms with Crippen LogP contribution in [0.1, 0.15) is 29.7 Å². The van der Waals surface area contributed by atoms with Crippen LogP contribution >= 0.6 is 11.6 Å². The number of nitrogens with one attached hydrogen (secondary N) is 1. The average molecular weight is 507 g/mol. The van der Waals surface area contributed by atoms with E-state index in [0.29, 0.717) is 16.3 Å². The molecule has 1 saturated carbocycles. The Labute approximate surface area is 203 Å². The van der Waals surface area contributed by atoms with E-state index in [1.165, 1.54) is 18.3 Å². The lowest BCUT2D eigenvalue weighted by Gasteiger charge is -2.37. The van der Waals surface area contributed by atoms with Crippen molar-refractivity contribution in [1.29, 1.82) is 0 Å². The molecule has 35 heavy (non-hydrogen) atoms. The van der Waals surface area contributed by atoms with Crippen LogP contribution in [0.15, 0.2) is 66.9 Å². The summed E-state index contributed by atoms with van der Waals surface area (Å²) in [6.45, 7) is 0. The summed E-state index contributed by atoms with van der Waals surface area (Å²) >= 11 is 6.05. The highest BCUT2D eigenvalue weighted by Crippen LogP contribution is 2.48. The molecule has 1 aliphatic carbocycles. The van der Waals surface area contributed by atoms with Crippen LogP contribution in [-0.2, 0) is 16.8 Å². The number of fused-ring (bicyclic) bond motifs is 1. The molecule has 0 bridgehead atoms. The normalized spacial score (nSPS) is 19.5. The van der Waals surface area contributed by atoms with Gasteiger partial charge in [-0.15, -0.1) is 0 Å². The van der Waals surface area contributed by atoms with Gasteiger partial charge in [-0.25, -0.2) is 0 Å². The monoisotopic (exact) mass is 506 g/mol. The lowest BCUT2D eigenvalue weighted by molar-refractivity contribution is -0.391. The molecule has 1 amide bonds. The largest absolute Gasteiger partial charge is 0.507 e. The quantitative estimate of drug-likeness (QED) is 0.435. The Bertz CT molecular complexity index is 1250. The van der Waals surface area contributed by atoms with Crippen LogP contribution in [-0.4, -0.2) is 23.1 Å². The number of rotatable bonds is 6. The highest BCUT2D eigenvalue weighted by molar-refractivity contribution is 6.30. The molecule has 0 radical (unpaired) electrons. The molecule has 2 heterocycles. The molecule has 1 fully saturated rings. The number of carbonyl (C=O) groups is 1. The molecule has 1 aromatic heterocycles. The van der Waals surface area contributed by atoms with Crippen LogP contribution in [0, 0.1) is 5.92 Å². The summed E-state index contributed by atoms with van der Waals surface area (Å²) in [6, 6.07) is 16.1. The molecule has 0 saturated heterocycles. The highest BCUT2D eigenvalue weighted by Gasteiger charge is 2.66. The van der Waals surface area contributed by atoms with Gasteiger partial charge in [-0.1, -0.05) is 48.0 Å². The summed E-state index contributed by atoms with van der Waals surface area (Å²) in [5.74, 6) is -1.54. The molecule has 0 spiro atoms. The van der Waals surface area contributed by atoms with E-state index in [9.17, 15) is 22.4 Å². The van der Waals surface area contributed by atoms with Gasteiger partial charge in [-0.3, -0.25) is 9.78 Å². The molecule has 182 valence electrons. The van der Waals surface area contributed by atoms with Crippen molar-refractivity contribution >= 4 is 17.5 Å². The minimum absolute atomic E-state index is 0.183. The zero-order valence-electron chi connectivity index (χ0n) is 18.1. The first-order chi connectivity index (χ1) is 16.6. The number of amides is 1. The number of pyridine rings is 1. The van der Waals surface area contributed by atoms with E-state index in [1.807, 2.05) is 30.3 Å². The second-order valence-electron chi connectivity index (χ2n) is 8.59. The van der Waals surface area contributed by atoms with Gasteiger partial charge in [-0.2, -0.15) is 17.6 Å². The Balaban J connectivity index is 1.68. The smallest absolute Gasteiger partial charge is 0.421 e. The van der Waals surface area contributed by atoms with Crippen molar-refractivity contribution < 1.29 is 31.8 Å². The minimum Gasteiger partial charge on any atom is -0.421 e. The van der Waals surface area contributed by atoms with Crippen molar-refractivity contribution in [3.8, 4) is 11.5 Å². The Morgan fingerprint density at radius 2 is 1.69 bits per heavy atom. The van der Waals surface area contributed by atoms with Crippen LogP contribution in [0.4, 0.5) is 17.6 Å². The standard InChI is InChI=1S/C25H19ClF4N2O3/c26-18-9-11-21(31-14-18)23(32-22(33)16-6-7-16,13-15-4-2-1-3-5-15)17-8-10-19-20(12-17)35-25(29,30)24(27,28)34-19/h1-5,8-12,14,16H,6-7,13H2,(H,32,33). The number of benzene rings is 2. The van der Waals surface area contributed by atoms with E-state index in [4.69, 9.17) is 11.6 Å². The van der Waals surface area contributed by atoms with Gasteiger partial charge in [0.2, 0.25) is 5.91 Å². The molecular formula is C25H19ClF4N2O3. The number of hydrogen-bond donors (Lipinski definition) is 1. The maximum atomic E-state index is 13.9. The van der Waals surface area contributed by atoms with E-state index in [0.717, 1.165) is 24.5 Å². The summed E-state index contributed by atoms with van der Waals surface area (Å²) in [5.41, 5.74) is 0.147. The zero-order valence-corrected chi connectivity index (χ0v) is 18.9. The molecule has 1 aliphatic heterocycles. The Morgan fingerprint density at radius 1 is 1.00 bits per heavy atom. The topological polar surface area (TPSA) is 60.5 Å². The molecule has 2 aliphatic rings. The molecule has 5 nitrogen and oxygen atoms in total. The van der Waals surface area contributed by atoms with Gasteiger partial charge in [0, 0.05) is 18.5 Å². The first-order valence-corrected chi connectivity index (χ1v) is 11.2. The number of carbonyl (C=O) groups excluding carboxylic acids is 1. The first-order valence-electron chi connectivity index (χ1n) is 10.9. The van der Waals surface area contributed by atoms with Gasteiger partial charge in [0.15, 0.2) is 11.5 Å². The molecule has 3 aromatic rings. The van der Waals surface area contributed by atoms with Crippen molar-refractivity contribution in [3.63, 3.8) is 0 Å². The van der Waals surface area contributed by atoms with Gasteiger partial charge in [0.25, 0.3) is 0 Å². The van der Waals surface area contributed by atoms with Crippen LogP contribution in [0.2, 0.25) is 5.02 Å². The molecule has 5 rings (SSSR count). The number of alkyl halides is 4. The highest BCUT2D eigenvalue weighted by atomic mass is 35.5. The second kappa shape index (κ2) is 8.41. The number of halogens is 5. The number of aromatic nitrogens is 1. The fourth-order valence-electron chi connectivity index (χ4n) is 4.04. The third kappa shape index (κ3) is 4.40. The van der Waals surface area contributed by atoms with Gasteiger partial charge < -0.3 is 14.8 Å². The molecular weight excluding hydrogens is 488 g/mol. The zero-order chi connectivity index (χ0) is 24.8. The average Bonchev–Trinajstić information content (AvgIpc) is 3.65. The van der Waals surface area contributed by atoms with E-state index in [-0.39, 0.29) is 18.2 Å². The van der Waals surface area contributed by atoms with E-state index in [1.54, 1.807) is 12.1 Å². The van der Waals surface area contributed by atoms with E-state index >= 15 is 0 Å². The van der Waals surface area contributed by atoms with Crippen LogP contribution in [0.3, 0.4) is 0 Å². The maximum Gasteiger partial charge on any atom is 0.507 e. The van der Waals surface area contributed by atoms with Crippen molar-refractivity contribution in [2.24, 2.45) is 5.92 Å². The van der Waals surface area contributed by atoms with Crippen LogP contribution < -0.4 is 14.8 Å². The lowest BCUT2D eigenvalue weighted by Crippen LogP contribution is -2.52. The molecule has 10 heteroatoms. The Kier molecular flexibility index (Phi) is 5.62. The van der Waals surface area contributed by atoms with Gasteiger partial charge in [-0.05, 0) is 48.2 Å². The lowest BCUT2D eigenvalue weighted by atomic mass is 9.80. The number of hydrogen-bond acceptors (Lipinski definition) is 4. The Morgan fingerprint density at radius 3 is 2.31 bits per heavy atom. The Hall–Kier alpha value is -3.33. The van der Waals surface area contributed by atoms with Crippen molar-refractivity contribution in [1.82, 2.24) is 10.3 Å². The summed E-state index contributed by atoms with van der Waals surface area (Å²) in [6.07, 6.45) is -6.66. The summed E-state index contributed by atoms with van der Waals surface area (Å²) in [4.78, 5) is 17.5. The summed E-state index contributed by atoms with van der Waals surface area (Å²) in [7, 11) is 0.